The van der Waals surface area contributed by atoms with Crippen molar-refractivity contribution in [1.29, 1.82) is 0 Å². The van der Waals surface area contributed by atoms with Gasteiger partial charge in [0.25, 0.3) is 0 Å². The largest absolute Gasteiger partial charge is 0.490 e. The molecule has 0 saturated heterocycles. The van der Waals surface area contributed by atoms with Crippen LogP contribution in [0.4, 0.5) is 17.6 Å². The van der Waals surface area contributed by atoms with Gasteiger partial charge in [0.1, 0.15) is 0 Å². The van der Waals surface area contributed by atoms with Crippen LogP contribution in [0.2, 0.25) is 0 Å². The number of alkyl halides is 3. The van der Waals surface area contributed by atoms with Crippen molar-refractivity contribution in [2.45, 2.75) is 44.2 Å². The molecule has 0 radical (unpaired) electrons. The standard InChI is InChI=1S/C15H20F4OS/c1-4-5-6-7-20-13-9-14(11(2)8-12(13)16)21(3)10-15(17,18)19/h8-9H,3-7,10H2,1-2H3. The Kier molecular flexibility index (Phi) is 6.71. The van der Waals surface area contributed by atoms with E-state index in [1.807, 2.05) is 6.92 Å². The highest BCUT2D eigenvalue weighted by molar-refractivity contribution is 8.14. The first-order chi connectivity index (χ1) is 9.74. The molecule has 0 aliphatic rings. The summed E-state index contributed by atoms with van der Waals surface area (Å²) in [5.74, 6) is 2.02. The van der Waals surface area contributed by atoms with Gasteiger partial charge in [0.2, 0.25) is 0 Å². The van der Waals surface area contributed by atoms with Gasteiger partial charge in [-0.25, -0.2) is 4.39 Å². The molecule has 0 saturated carbocycles. The lowest BCUT2D eigenvalue weighted by Crippen LogP contribution is -2.12. The van der Waals surface area contributed by atoms with Gasteiger partial charge in [-0.05, 0) is 31.0 Å². The van der Waals surface area contributed by atoms with E-state index in [1.165, 1.54) is 12.1 Å². The first-order valence-corrected chi connectivity index (χ1v) is 8.31. The van der Waals surface area contributed by atoms with Crippen LogP contribution in [0.3, 0.4) is 0 Å². The molecule has 1 atom stereocenters. The molecular formula is C15H20F4OS. The fourth-order valence-electron chi connectivity index (χ4n) is 1.87. The number of hydrogen-bond acceptors (Lipinski definition) is 1. The molecule has 21 heavy (non-hydrogen) atoms. The van der Waals surface area contributed by atoms with Crippen LogP contribution >= 0.6 is 10.5 Å². The van der Waals surface area contributed by atoms with Gasteiger partial charge < -0.3 is 4.74 Å². The van der Waals surface area contributed by atoms with Crippen molar-refractivity contribution >= 4 is 16.4 Å². The first-order valence-electron chi connectivity index (χ1n) is 6.75. The molecule has 0 spiro atoms. The van der Waals surface area contributed by atoms with Gasteiger partial charge >= 0.3 is 6.18 Å². The molecule has 0 aliphatic carbocycles. The highest BCUT2D eigenvalue weighted by Crippen LogP contribution is 2.37. The van der Waals surface area contributed by atoms with Crippen LogP contribution in [-0.4, -0.2) is 24.4 Å². The number of unbranched alkanes of at least 4 members (excludes halogenated alkanes) is 2. The summed E-state index contributed by atoms with van der Waals surface area (Å²) in [5.41, 5.74) is 0.469. The van der Waals surface area contributed by atoms with Crippen LogP contribution in [0, 0.1) is 12.7 Å². The Morgan fingerprint density at radius 3 is 2.48 bits per heavy atom. The Morgan fingerprint density at radius 1 is 1.24 bits per heavy atom. The van der Waals surface area contributed by atoms with E-state index >= 15 is 0 Å². The Labute approximate surface area is 125 Å². The summed E-state index contributed by atoms with van der Waals surface area (Å²) >= 11 is 0. The number of benzene rings is 1. The molecular weight excluding hydrogens is 304 g/mol. The van der Waals surface area contributed by atoms with Crippen LogP contribution in [-0.2, 0) is 0 Å². The number of aryl methyl sites for hydroxylation is 1. The Morgan fingerprint density at radius 2 is 1.90 bits per heavy atom. The smallest absolute Gasteiger partial charge is 0.397 e. The third-order valence-corrected chi connectivity index (χ3v) is 4.62. The zero-order chi connectivity index (χ0) is 16.0. The van der Waals surface area contributed by atoms with Gasteiger partial charge in [-0.15, -0.1) is 0 Å². The molecule has 1 nitrogen and oxygen atoms in total. The number of halogens is 4. The maximum Gasteiger partial charge on any atom is 0.397 e. The van der Waals surface area contributed by atoms with Crippen molar-refractivity contribution in [3.63, 3.8) is 0 Å². The summed E-state index contributed by atoms with van der Waals surface area (Å²) in [6.07, 6.45) is -1.52. The fraction of sp³-hybridized carbons (Fsp3) is 0.533. The van der Waals surface area contributed by atoms with E-state index in [9.17, 15) is 17.6 Å². The van der Waals surface area contributed by atoms with Crippen molar-refractivity contribution in [2.24, 2.45) is 0 Å². The molecule has 0 N–H and O–H groups in total. The second kappa shape index (κ2) is 7.82. The van der Waals surface area contributed by atoms with Gasteiger partial charge in [-0.3, -0.25) is 0 Å². The van der Waals surface area contributed by atoms with E-state index in [2.05, 4.69) is 5.87 Å². The average Bonchev–Trinajstić information content (AvgIpc) is 2.34. The third kappa shape index (κ3) is 6.08. The van der Waals surface area contributed by atoms with Crippen LogP contribution < -0.4 is 4.74 Å². The third-order valence-electron chi connectivity index (χ3n) is 2.88. The second-order valence-electron chi connectivity index (χ2n) is 4.86. The molecule has 1 unspecified atom stereocenters. The molecule has 0 heterocycles. The van der Waals surface area contributed by atoms with E-state index in [0.717, 1.165) is 19.3 Å². The monoisotopic (exact) mass is 324 g/mol. The van der Waals surface area contributed by atoms with Crippen molar-refractivity contribution in [3.8, 4) is 5.75 Å². The van der Waals surface area contributed by atoms with Crippen molar-refractivity contribution < 1.29 is 22.3 Å². The normalized spacial score (nSPS) is 13.2. The molecule has 0 fully saturated rings. The van der Waals surface area contributed by atoms with Crippen molar-refractivity contribution in [2.75, 3.05) is 12.4 Å². The SMILES string of the molecule is C=S(CC(F)(F)F)c1cc(OCCCCC)c(F)cc1C. The fourth-order valence-corrected chi connectivity index (χ4v) is 3.20. The number of hydrogen-bond donors (Lipinski definition) is 0. The van der Waals surface area contributed by atoms with E-state index in [1.54, 1.807) is 6.92 Å². The van der Waals surface area contributed by atoms with Crippen LogP contribution in [0.1, 0.15) is 31.7 Å². The molecule has 0 amide bonds. The summed E-state index contributed by atoms with van der Waals surface area (Å²) < 4.78 is 56.5. The first kappa shape index (κ1) is 18.0. The molecule has 1 aromatic carbocycles. The van der Waals surface area contributed by atoms with E-state index in [0.29, 0.717) is 17.1 Å². The minimum Gasteiger partial charge on any atom is -0.490 e. The van der Waals surface area contributed by atoms with Crippen LogP contribution in [0.25, 0.3) is 0 Å². The number of rotatable bonds is 7. The number of ether oxygens (including phenoxy) is 1. The zero-order valence-electron chi connectivity index (χ0n) is 12.2. The van der Waals surface area contributed by atoms with Gasteiger partial charge in [-0.2, -0.15) is 23.7 Å². The van der Waals surface area contributed by atoms with Gasteiger partial charge in [0.05, 0.1) is 12.4 Å². The van der Waals surface area contributed by atoms with E-state index in [-0.39, 0.29) is 5.75 Å². The highest BCUT2D eigenvalue weighted by Gasteiger charge is 2.29. The summed E-state index contributed by atoms with van der Waals surface area (Å²) in [6.45, 7) is 3.98. The molecule has 0 bridgehead atoms. The minimum absolute atomic E-state index is 0.00928. The average molecular weight is 324 g/mol. The maximum atomic E-state index is 13.8. The molecule has 1 rings (SSSR count). The quantitative estimate of drug-likeness (QED) is 0.374. The lowest BCUT2D eigenvalue weighted by molar-refractivity contribution is -0.105. The van der Waals surface area contributed by atoms with E-state index < -0.39 is 28.2 Å². The minimum atomic E-state index is -4.28. The zero-order valence-corrected chi connectivity index (χ0v) is 13.0. The highest BCUT2D eigenvalue weighted by atomic mass is 32.2. The van der Waals surface area contributed by atoms with Crippen LogP contribution in [0.5, 0.6) is 5.75 Å². The molecule has 0 aliphatic heterocycles. The van der Waals surface area contributed by atoms with Crippen LogP contribution in [0.15, 0.2) is 17.0 Å². The van der Waals surface area contributed by atoms with Gasteiger partial charge in [0, 0.05) is 4.90 Å². The Bertz CT molecular complexity index is 497. The van der Waals surface area contributed by atoms with Gasteiger partial charge in [-0.1, -0.05) is 25.6 Å². The Balaban J connectivity index is 2.87. The topological polar surface area (TPSA) is 9.23 Å². The van der Waals surface area contributed by atoms with Crippen molar-refractivity contribution in [1.82, 2.24) is 0 Å². The molecule has 1 aromatic rings. The maximum absolute atomic E-state index is 13.8. The summed E-state index contributed by atoms with van der Waals surface area (Å²) in [6, 6.07) is 2.57. The second-order valence-corrected chi connectivity index (χ2v) is 6.57. The van der Waals surface area contributed by atoms with E-state index in [4.69, 9.17) is 4.74 Å². The summed E-state index contributed by atoms with van der Waals surface area (Å²) in [5, 5.41) is 0. The Hall–Kier alpha value is -1.04. The lowest BCUT2D eigenvalue weighted by Gasteiger charge is -2.15. The predicted octanol–water partition coefficient (Wildman–Crippen LogP) is 5.33. The summed E-state index contributed by atoms with van der Waals surface area (Å²) in [4.78, 5) is 0.402. The van der Waals surface area contributed by atoms with Gasteiger partial charge in [0.15, 0.2) is 11.6 Å². The predicted molar refractivity (Wildman–Crippen MR) is 80.1 cm³/mol. The molecule has 6 heteroatoms. The molecule has 0 aromatic heterocycles. The van der Waals surface area contributed by atoms with Crippen molar-refractivity contribution in [3.05, 3.63) is 23.5 Å². The lowest BCUT2D eigenvalue weighted by atomic mass is 10.2. The summed E-state index contributed by atoms with van der Waals surface area (Å²) in [7, 11) is -1.26. The molecule has 120 valence electrons.